The van der Waals surface area contributed by atoms with Crippen molar-refractivity contribution in [1.29, 1.82) is 0 Å². The topological polar surface area (TPSA) is 98.9 Å². The van der Waals surface area contributed by atoms with E-state index in [9.17, 15) is 20.4 Å². The first-order chi connectivity index (χ1) is 8.99. The van der Waals surface area contributed by atoms with Crippen LogP contribution in [-0.4, -0.2) is 34.4 Å². The molecule has 1 aromatic carbocycles. The van der Waals surface area contributed by atoms with Crippen LogP contribution in [0.2, 0.25) is 0 Å². The molecule has 1 rings (SSSR count). The van der Waals surface area contributed by atoms with Crippen LogP contribution in [0.1, 0.15) is 20.3 Å². The Hall–Kier alpha value is -1.86. The van der Waals surface area contributed by atoms with E-state index in [-0.39, 0.29) is 17.9 Å². The molecule has 7 heteroatoms. The lowest BCUT2D eigenvalue weighted by Gasteiger charge is -2.16. The van der Waals surface area contributed by atoms with E-state index in [1.165, 1.54) is 12.1 Å². The molecule has 0 aliphatic heterocycles. The van der Waals surface area contributed by atoms with Crippen molar-refractivity contribution in [1.82, 2.24) is 0 Å². The number of aliphatic hydroxyl groups excluding tert-OH is 1. The zero-order valence-electron chi connectivity index (χ0n) is 11.0. The van der Waals surface area contributed by atoms with E-state index >= 15 is 0 Å². The van der Waals surface area contributed by atoms with Crippen LogP contribution in [0, 0.1) is 10.1 Å². The summed E-state index contributed by atoms with van der Waals surface area (Å²) in [6.45, 7) is 4.11. The fourth-order valence-electron chi connectivity index (χ4n) is 1.55. The highest BCUT2D eigenvalue weighted by molar-refractivity contribution is 5.68. The lowest BCUT2D eigenvalue weighted by Crippen LogP contribution is -2.20. The van der Waals surface area contributed by atoms with Gasteiger partial charge in [-0.05, 0) is 25.5 Å². The standard InChI is InChI=1S/C12H19N3O4/c1-3-10(16)8-13-9-5-6-11(14(17)4-2)12(7-9)15(18)19/h5-7,10,13,16-17H,3-4,8H2,1-2H3. The van der Waals surface area contributed by atoms with Gasteiger partial charge in [-0.15, -0.1) is 0 Å². The number of aliphatic hydroxyl groups is 1. The second kappa shape index (κ2) is 6.91. The van der Waals surface area contributed by atoms with Gasteiger partial charge in [-0.25, -0.2) is 0 Å². The summed E-state index contributed by atoms with van der Waals surface area (Å²) in [5.74, 6) is 0. The normalized spacial score (nSPS) is 12.0. The molecular weight excluding hydrogens is 250 g/mol. The molecule has 106 valence electrons. The highest BCUT2D eigenvalue weighted by atomic mass is 16.6. The SMILES string of the molecule is CCC(O)CNc1ccc(N(O)CC)c([N+](=O)[O-])c1. The molecule has 0 aliphatic carbocycles. The summed E-state index contributed by atoms with van der Waals surface area (Å²) in [5.41, 5.74) is 0.502. The number of anilines is 2. The van der Waals surface area contributed by atoms with Gasteiger partial charge in [0.15, 0.2) is 0 Å². The van der Waals surface area contributed by atoms with E-state index in [1.54, 1.807) is 13.0 Å². The van der Waals surface area contributed by atoms with Crippen LogP contribution in [0.4, 0.5) is 17.1 Å². The van der Waals surface area contributed by atoms with Crippen molar-refractivity contribution < 1.29 is 15.2 Å². The fraction of sp³-hybridized carbons (Fsp3) is 0.500. The van der Waals surface area contributed by atoms with E-state index in [4.69, 9.17) is 0 Å². The molecule has 0 radical (unpaired) electrons. The van der Waals surface area contributed by atoms with Crippen molar-refractivity contribution >= 4 is 17.1 Å². The minimum Gasteiger partial charge on any atom is -0.391 e. The molecule has 1 atom stereocenters. The molecular formula is C12H19N3O4. The number of benzene rings is 1. The average molecular weight is 269 g/mol. The largest absolute Gasteiger partial charge is 0.391 e. The van der Waals surface area contributed by atoms with Crippen molar-refractivity contribution in [3.8, 4) is 0 Å². The van der Waals surface area contributed by atoms with Crippen molar-refractivity contribution in [2.75, 3.05) is 23.5 Å². The third-order valence-electron chi connectivity index (χ3n) is 2.76. The Morgan fingerprint density at radius 1 is 1.47 bits per heavy atom. The first-order valence-electron chi connectivity index (χ1n) is 6.16. The maximum atomic E-state index is 11.0. The van der Waals surface area contributed by atoms with Gasteiger partial charge in [-0.3, -0.25) is 20.4 Å². The minimum atomic E-state index is -0.546. The molecule has 0 saturated carbocycles. The first-order valence-corrected chi connectivity index (χ1v) is 6.16. The highest BCUT2D eigenvalue weighted by Gasteiger charge is 2.18. The number of nitrogens with one attached hydrogen (secondary N) is 1. The molecule has 19 heavy (non-hydrogen) atoms. The Balaban J connectivity index is 2.93. The van der Waals surface area contributed by atoms with E-state index in [2.05, 4.69) is 5.32 Å². The molecule has 0 aromatic heterocycles. The zero-order chi connectivity index (χ0) is 14.4. The smallest absolute Gasteiger partial charge is 0.296 e. The molecule has 0 spiro atoms. The van der Waals surface area contributed by atoms with Gasteiger partial charge in [0.25, 0.3) is 5.69 Å². The number of hydrogen-bond acceptors (Lipinski definition) is 6. The number of rotatable bonds is 7. The van der Waals surface area contributed by atoms with Crippen LogP contribution >= 0.6 is 0 Å². The van der Waals surface area contributed by atoms with Gasteiger partial charge < -0.3 is 10.4 Å². The zero-order valence-corrected chi connectivity index (χ0v) is 11.0. The lowest BCUT2D eigenvalue weighted by molar-refractivity contribution is -0.384. The van der Waals surface area contributed by atoms with E-state index in [0.717, 1.165) is 5.06 Å². The predicted molar refractivity (Wildman–Crippen MR) is 72.7 cm³/mol. The van der Waals surface area contributed by atoms with Crippen LogP contribution in [0.5, 0.6) is 0 Å². The van der Waals surface area contributed by atoms with E-state index in [0.29, 0.717) is 18.7 Å². The molecule has 0 heterocycles. The summed E-state index contributed by atoms with van der Waals surface area (Å²) in [4.78, 5) is 10.4. The number of nitro groups is 1. The Kier molecular flexibility index (Phi) is 5.53. The second-order valence-corrected chi connectivity index (χ2v) is 4.12. The van der Waals surface area contributed by atoms with Gasteiger partial charge in [0, 0.05) is 24.8 Å². The number of hydrogen-bond donors (Lipinski definition) is 3. The van der Waals surface area contributed by atoms with Gasteiger partial charge in [0.2, 0.25) is 0 Å². The van der Waals surface area contributed by atoms with Gasteiger partial charge in [0.05, 0.1) is 11.0 Å². The van der Waals surface area contributed by atoms with Crippen molar-refractivity contribution in [3.05, 3.63) is 28.3 Å². The Labute approximate surface area is 111 Å². The maximum Gasteiger partial charge on any atom is 0.296 e. The molecule has 0 amide bonds. The van der Waals surface area contributed by atoms with Gasteiger partial charge in [-0.1, -0.05) is 6.92 Å². The summed E-state index contributed by atoms with van der Waals surface area (Å²) < 4.78 is 0. The molecule has 3 N–H and O–H groups in total. The van der Waals surface area contributed by atoms with Crippen LogP contribution in [-0.2, 0) is 0 Å². The van der Waals surface area contributed by atoms with Crippen molar-refractivity contribution in [3.63, 3.8) is 0 Å². The Bertz CT molecular complexity index is 439. The predicted octanol–water partition coefficient (Wildman–Crippen LogP) is 1.99. The van der Waals surface area contributed by atoms with Crippen molar-refractivity contribution in [2.24, 2.45) is 0 Å². The second-order valence-electron chi connectivity index (χ2n) is 4.12. The summed E-state index contributed by atoms with van der Waals surface area (Å²) in [6, 6.07) is 4.45. The van der Waals surface area contributed by atoms with Gasteiger partial charge in [-0.2, -0.15) is 0 Å². The molecule has 0 saturated heterocycles. The van der Waals surface area contributed by atoms with Crippen LogP contribution in [0.15, 0.2) is 18.2 Å². The fourth-order valence-corrected chi connectivity index (χ4v) is 1.55. The summed E-state index contributed by atoms with van der Waals surface area (Å²) in [6.07, 6.45) is 0.108. The Morgan fingerprint density at radius 3 is 2.68 bits per heavy atom. The average Bonchev–Trinajstić information content (AvgIpc) is 2.43. The van der Waals surface area contributed by atoms with Gasteiger partial charge in [0.1, 0.15) is 5.69 Å². The third-order valence-corrected chi connectivity index (χ3v) is 2.76. The first kappa shape index (κ1) is 15.2. The van der Waals surface area contributed by atoms with Crippen LogP contribution in [0.25, 0.3) is 0 Å². The van der Waals surface area contributed by atoms with E-state index in [1.807, 2.05) is 6.92 Å². The Morgan fingerprint density at radius 2 is 2.16 bits per heavy atom. The lowest BCUT2D eigenvalue weighted by atomic mass is 10.2. The molecule has 0 bridgehead atoms. The van der Waals surface area contributed by atoms with Crippen LogP contribution < -0.4 is 10.4 Å². The highest BCUT2D eigenvalue weighted by Crippen LogP contribution is 2.30. The maximum absolute atomic E-state index is 11.0. The number of nitrogens with zero attached hydrogens (tertiary/aromatic N) is 2. The quantitative estimate of drug-likeness (QED) is 0.517. The van der Waals surface area contributed by atoms with Gasteiger partial charge >= 0.3 is 0 Å². The molecule has 7 nitrogen and oxygen atoms in total. The number of hydroxylamine groups is 1. The molecule has 0 aliphatic rings. The third kappa shape index (κ3) is 4.08. The minimum absolute atomic E-state index is 0.147. The van der Waals surface area contributed by atoms with Crippen LogP contribution in [0.3, 0.4) is 0 Å². The molecule has 1 unspecified atom stereocenters. The summed E-state index contributed by atoms with van der Waals surface area (Å²) in [7, 11) is 0. The molecule has 0 fully saturated rings. The summed E-state index contributed by atoms with van der Waals surface area (Å²) >= 11 is 0. The summed E-state index contributed by atoms with van der Waals surface area (Å²) in [5, 5.41) is 33.7. The molecule has 1 aromatic rings. The monoisotopic (exact) mass is 269 g/mol. The van der Waals surface area contributed by atoms with E-state index < -0.39 is 11.0 Å². The van der Waals surface area contributed by atoms with Crippen molar-refractivity contribution in [2.45, 2.75) is 26.4 Å². The number of nitro benzene ring substituents is 1.